The maximum Gasteiger partial charge on any atom is 0.406 e. The molecule has 0 radical (unpaired) electrons. The molecule has 4 nitrogen and oxygen atoms in total. The molecule has 0 bridgehead atoms. The number of hydrogen-bond donors (Lipinski definition) is 1. The number of hydrogen-bond acceptors (Lipinski definition) is 3. The van der Waals surface area contributed by atoms with Crippen molar-refractivity contribution < 1.29 is 22.4 Å². The van der Waals surface area contributed by atoms with Gasteiger partial charge in [-0.25, -0.2) is 0 Å². The zero-order valence-corrected chi connectivity index (χ0v) is 11.3. The largest absolute Gasteiger partial charge is 0.467 e. The Morgan fingerprint density at radius 1 is 1.50 bits per heavy atom. The van der Waals surface area contributed by atoms with Crippen LogP contribution in [-0.4, -0.2) is 30.1 Å². The molecule has 1 rings (SSSR count). The summed E-state index contributed by atoms with van der Waals surface area (Å²) in [6.07, 6.45) is -2.54. The van der Waals surface area contributed by atoms with E-state index in [1.807, 2.05) is 6.92 Å². The van der Waals surface area contributed by atoms with E-state index in [4.69, 9.17) is 10.2 Å². The quantitative estimate of drug-likeness (QED) is 0.840. The van der Waals surface area contributed by atoms with Crippen molar-refractivity contribution in [2.45, 2.75) is 32.5 Å². The van der Waals surface area contributed by atoms with Gasteiger partial charge in [0.1, 0.15) is 12.3 Å². The fraction of sp³-hybridized carbons (Fsp3) is 0.615. The highest BCUT2D eigenvalue weighted by Gasteiger charge is 2.33. The fourth-order valence-electron chi connectivity index (χ4n) is 1.69. The molecule has 1 unspecified atom stereocenters. The highest BCUT2D eigenvalue weighted by Crippen LogP contribution is 2.20. The molecule has 1 atom stereocenters. The van der Waals surface area contributed by atoms with Crippen LogP contribution in [0.1, 0.15) is 25.5 Å². The van der Waals surface area contributed by atoms with E-state index in [0.29, 0.717) is 18.7 Å². The van der Waals surface area contributed by atoms with Crippen LogP contribution in [0.4, 0.5) is 13.2 Å². The molecule has 0 aliphatic heterocycles. The maximum absolute atomic E-state index is 12.5. The van der Waals surface area contributed by atoms with E-state index in [2.05, 4.69) is 0 Å². The molecule has 0 spiro atoms. The lowest BCUT2D eigenvalue weighted by Crippen LogP contribution is -2.38. The number of carbonyl (C=O) groups is 1. The molecule has 1 heterocycles. The molecule has 0 saturated carbocycles. The van der Waals surface area contributed by atoms with Crippen molar-refractivity contribution in [3.05, 3.63) is 24.2 Å². The van der Waals surface area contributed by atoms with Crippen molar-refractivity contribution in [3.63, 3.8) is 0 Å². The Labute approximate surface area is 115 Å². The van der Waals surface area contributed by atoms with E-state index in [1.165, 1.54) is 6.26 Å². The number of halogens is 3. The molecule has 114 valence electrons. The van der Waals surface area contributed by atoms with Gasteiger partial charge >= 0.3 is 6.18 Å². The van der Waals surface area contributed by atoms with E-state index in [-0.39, 0.29) is 18.9 Å². The van der Waals surface area contributed by atoms with Crippen LogP contribution in [0.25, 0.3) is 0 Å². The third-order valence-electron chi connectivity index (χ3n) is 2.90. The molecule has 0 fully saturated rings. The van der Waals surface area contributed by atoms with Crippen LogP contribution in [0.15, 0.2) is 22.8 Å². The molecule has 0 saturated heterocycles. The minimum absolute atomic E-state index is 0.0507. The number of rotatable bonds is 7. The second-order valence-electron chi connectivity index (χ2n) is 4.82. The molecule has 1 aromatic heterocycles. The molecule has 2 N–H and O–H groups in total. The molecule has 7 heteroatoms. The zero-order chi connectivity index (χ0) is 15.2. The Bertz CT molecular complexity index is 404. The van der Waals surface area contributed by atoms with Gasteiger partial charge in [-0.3, -0.25) is 4.79 Å². The van der Waals surface area contributed by atoms with Gasteiger partial charge in [0, 0.05) is 6.42 Å². The summed E-state index contributed by atoms with van der Waals surface area (Å²) in [4.78, 5) is 12.7. The van der Waals surface area contributed by atoms with Crippen molar-refractivity contribution >= 4 is 5.91 Å². The van der Waals surface area contributed by atoms with E-state index < -0.39 is 18.6 Å². The molecule has 0 aromatic carbocycles. The van der Waals surface area contributed by atoms with Gasteiger partial charge in [-0.2, -0.15) is 13.2 Å². The van der Waals surface area contributed by atoms with Crippen LogP contribution in [0.2, 0.25) is 0 Å². The summed E-state index contributed by atoms with van der Waals surface area (Å²) in [7, 11) is 0. The molecule has 1 amide bonds. The molecule has 20 heavy (non-hydrogen) atoms. The van der Waals surface area contributed by atoms with Crippen molar-refractivity contribution in [2.24, 2.45) is 11.7 Å². The third kappa shape index (κ3) is 6.10. The predicted octanol–water partition coefficient (Wildman–Crippen LogP) is 2.55. The fourth-order valence-corrected chi connectivity index (χ4v) is 1.69. The number of nitrogens with two attached hydrogens (primary N) is 1. The van der Waals surface area contributed by atoms with Gasteiger partial charge in [-0.05, 0) is 31.0 Å². The minimum Gasteiger partial charge on any atom is -0.467 e. The van der Waals surface area contributed by atoms with Gasteiger partial charge in [0.25, 0.3) is 0 Å². The van der Waals surface area contributed by atoms with Gasteiger partial charge in [-0.15, -0.1) is 0 Å². The van der Waals surface area contributed by atoms with Crippen LogP contribution in [0.3, 0.4) is 0 Å². The minimum atomic E-state index is -4.43. The van der Waals surface area contributed by atoms with Crippen LogP contribution >= 0.6 is 0 Å². The Morgan fingerprint density at radius 3 is 2.70 bits per heavy atom. The summed E-state index contributed by atoms with van der Waals surface area (Å²) in [6.45, 7) is 0.810. The first-order valence-electron chi connectivity index (χ1n) is 6.39. The van der Waals surface area contributed by atoms with Crippen LogP contribution in [0, 0.1) is 5.92 Å². The highest BCUT2D eigenvalue weighted by molar-refractivity contribution is 5.76. The Morgan fingerprint density at radius 2 is 2.20 bits per heavy atom. The molecule has 0 aliphatic rings. The topological polar surface area (TPSA) is 59.5 Å². The summed E-state index contributed by atoms with van der Waals surface area (Å²) < 4.78 is 42.5. The monoisotopic (exact) mass is 292 g/mol. The highest BCUT2D eigenvalue weighted by atomic mass is 19.4. The van der Waals surface area contributed by atoms with Crippen molar-refractivity contribution in [1.82, 2.24) is 4.90 Å². The first kappa shape index (κ1) is 16.6. The van der Waals surface area contributed by atoms with E-state index in [0.717, 1.165) is 4.90 Å². The zero-order valence-electron chi connectivity index (χ0n) is 11.3. The molecule has 1 aromatic rings. The Hall–Kier alpha value is -1.50. The maximum atomic E-state index is 12.5. The van der Waals surface area contributed by atoms with Gasteiger partial charge in [0.2, 0.25) is 5.91 Å². The third-order valence-corrected chi connectivity index (χ3v) is 2.90. The first-order valence-corrected chi connectivity index (χ1v) is 6.39. The predicted molar refractivity (Wildman–Crippen MR) is 67.6 cm³/mol. The smallest absolute Gasteiger partial charge is 0.406 e. The van der Waals surface area contributed by atoms with Crippen LogP contribution < -0.4 is 5.73 Å². The second-order valence-corrected chi connectivity index (χ2v) is 4.82. The van der Waals surface area contributed by atoms with Gasteiger partial charge < -0.3 is 15.1 Å². The molecule has 0 aliphatic carbocycles. The summed E-state index contributed by atoms with van der Waals surface area (Å²) in [5.41, 5.74) is 5.43. The summed E-state index contributed by atoms with van der Waals surface area (Å²) in [5.74, 6) is -0.108. The number of alkyl halides is 3. The number of carbonyl (C=O) groups excluding carboxylic acids is 1. The normalized spacial score (nSPS) is 13.2. The summed E-state index contributed by atoms with van der Waals surface area (Å²) in [5, 5.41) is 0. The van der Waals surface area contributed by atoms with Gasteiger partial charge in [0.15, 0.2) is 0 Å². The number of furan rings is 1. The van der Waals surface area contributed by atoms with E-state index >= 15 is 0 Å². The van der Waals surface area contributed by atoms with E-state index in [1.54, 1.807) is 12.1 Å². The molecular formula is C13H19F3N2O2. The number of nitrogens with zero attached hydrogens (tertiary/aromatic N) is 1. The van der Waals surface area contributed by atoms with Crippen LogP contribution in [0.5, 0.6) is 0 Å². The van der Waals surface area contributed by atoms with Crippen LogP contribution in [-0.2, 0) is 11.3 Å². The second kappa shape index (κ2) is 7.33. The molecular weight excluding hydrogens is 273 g/mol. The number of amides is 1. The van der Waals surface area contributed by atoms with Crippen molar-refractivity contribution in [1.29, 1.82) is 0 Å². The van der Waals surface area contributed by atoms with Crippen molar-refractivity contribution in [3.8, 4) is 0 Å². The SMILES string of the molecule is CC(CN)CCC(=O)N(Cc1ccco1)CC(F)(F)F. The standard InChI is InChI=1S/C13H19F3N2O2/c1-10(7-17)4-5-12(19)18(9-13(14,15)16)8-11-3-2-6-20-11/h2-3,6,10H,4-5,7-9,17H2,1H3. The Balaban J connectivity index is 2.63. The lowest BCUT2D eigenvalue weighted by atomic mass is 10.1. The lowest BCUT2D eigenvalue weighted by Gasteiger charge is -2.23. The summed E-state index contributed by atoms with van der Waals surface area (Å²) >= 11 is 0. The average Bonchev–Trinajstić information content (AvgIpc) is 2.85. The van der Waals surface area contributed by atoms with Gasteiger partial charge in [-0.1, -0.05) is 6.92 Å². The average molecular weight is 292 g/mol. The van der Waals surface area contributed by atoms with E-state index in [9.17, 15) is 18.0 Å². The first-order chi connectivity index (χ1) is 9.31. The Kier molecular flexibility index (Phi) is 6.06. The summed E-state index contributed by atoms with van der Waals surface area (Å²) in [6, 6.07) is 3.11. The van der Waals surface area contributed by atoms with Gasteiger partial charge in [0.05, 0.1) is 12.8 Å². The van der Waals surface area contributed by atoms with Crippen molar-refractivity contribution in [2.75, 3.05) is 13.1 Å². The lowest BCUT2D eigenvalue weighted by molar-refractivity contribution is -0.163.